The zero-order chi connectivity index (χ0) is 13.9. The molecular formula is C15H24ClN3O. The van der Waals surface area contributed by atoms with Gasteiger partial charge in [0.25, 0.3) is 0 Å². The zero-order valence-corrected chi connectivity index (χ0v) is 13.0. The zero-order valence-electron chi connectivity index (χ0n) is 12.2. The van der Waals surface area contributed by atoms with Crippen LogP contribution in [0.4, 0.5) is 5.69 Å². The summed E-state index contributed by atoms with van der Waals surface area (Å²) in [6, 6.07) is 8.04. The fourth-order valence-electron chi connectivity index (χ4n) is 2.64. The largest absolute Gasteiger partial charge is 0.330 e. The maximum Gasteiger partial charge on any atom is 0.221 e. The summed E-state index contributed by atoms with van der Waals surface area (Å²) in [7, 11) is 0. The number of benzene rings is 1. The van der Waals surface area contributed by atoms with Gasteiger partial charge in [0.2, 0.25) is 5.91 Å². The lowest BCUT2D eigenvalue weighted by molar-refractivity contribution is -0.114. The number of likely N-dealkylation sites (tertiary alicyclic amines) is 1. The average Bonchev–Trinajstić information content (AvgIpc) is 2.71. The first-order valence-corrected chi connectivity index (χ1v) is 6.80. The second kappa shape index (κ2) is 7.07. The molecule has 4 nitrogen and oxygen atoms in total. The van der Waals surface area contributed by atoms with E-state index in [4.69, 9.17) is 5.73 Å². The van der Waals surface area contributed by atoms with E-state index in [2.05, 4.69) is 23.2 Å². The van der Waals surface area contributed by atoms with Crippen LogP contribution in [0.5, 0.6) is 0 Å². The molecule has 0 aliphatic carbocycles. The molecule has 1 unspecified atom stereocenters. The minimum Gasteiger partial charge on any atom is -0.330 e. The van der Waals surface area contributed by atoms with Crippen molar-refractivity contribution >= 4 is 24.0 Å². The van der Waals surface area contributed by atoms with Crippen molar-refractivity contribution in [3.8, 4) is 0 Å². The lowest BCUT2D eigenvalue weighted by atomic mass is 9.90. The van der Waals surface area contributed by atoms with Crippen LogP contribution >= 0.6 is 12.4 Å². The molecule has 1 aliphatic rings. The Kier molecular flexibility index (Phi) is 5.99. The van der Waals surface area contributed by atoms with Gasteiger partial charge in [0.1, 0.15) is 0 Å². The number of carbonyl (C=O) groups excluding carboxylic acids is 1. The van der Waals surface area contributed by atoms with E-state index in [9.17, 15) is 4.79 Å². The SMILES string of the molecule is CC(=O)Nc1cccc(CN2CCC(C)(CN)C2)c1.Cl. The molecule has 0 saturated carbocycles. The van der Waals surface area contributed by atoms with Gasteiger partial charge in [-0.15, -0.1) is 12.4 Å². The van der Waals surface area contributed by atoms with Gasteiger partial charge in [-0.2, -0.15) is 0 Å². The molecule has 112 valence electrons. The summed E-state index contributed by atoms with van der Waals surface area (Å²) in [5, 5.41) is 2.82. The molecule has 1 atom stereocenters. The van der Waals surface area contributed by atoms with Gasteiger partial charge in [-0.25, -0.2) is 0 Å². The number of hydrogen-bond donors (Lipinski definition) is 2. The first kappa shape index (κ1) is 17.0. The molecule has 1 saturated heterocycles. The molecule has 1 aromatic rings. The van der Waals surface area contributed by atoms with E-state index >= 15 is 0 Å². The highest BCUT2D eigenvalue weighted by Gasteiger charge is 2.32. The minimum absolute atomic E-state index is 0. The van der Waals surface area contributed by atoms with Crippen LogP contribution in [0.25, 0.3) is 0 Å². The van der Waals surface area contributed by atoms with E-state index in [1.54, 1.807) is 0 Å². The van der Waals surface area contributed by atoms with Crippen LogP contribution in [-0.4, -0.2) is 30.4 Å². The van der Waals surface area contributed by atoms with E-state index in [-0.39, 0.29) is 23.7 Å². The maximum absolute atomic E-state index is 11.1. The van der Waals surface area contributed by atoms with Gasteiger partial charge in [-0.3, -0.25) is 9.69 Å². The minimum atomic E-state index is -0.0333. The predicted molar refractivity (Wildman–Crippen MR) is 85.0 cm³/mol. The van der Waals surface area contributed by atoms with Crippen LogP contribution in [0, 0.1) is 5.41 Å². The van der Waals surface area contributed by atoms with Crippen molar-refractivity contribution in [2.75, 3.05) is 25.0 Å². The number of nitrogens with two attached hydrogens (primary N) is 1. The van der Waals surface area contributed by atoms with Gasteiger partial charge in [0.15, 0.2) is 0 Å². The standard InChI is InChI=1S/C15H23N3O.ClH/c1-12(19)17-14-5-3-4-13(8-14)9-18-7-6-15(2,10-16)11-18;/h3-5,8H,6-7,9-11,16H2,1-2H3,(H,17,19);1H. The second-order valence-electron chi connectivity index (χ2n) is 5.86. The summed E-state index contributed by atoms with van der Waals surface area (Å²) >= 11 is 0. The lowest BCUT2D eigenvalue weighted by Crippen LogP contribution is -2.31. The summed E-state index contributed by atoms with van der Waals surface area (Å²) < 4.78 is 0. The van der Waals surface area contributed by atoms with Gasteiger partial charge in [0.05, 0.1) is 0 Å². The molecule has 20 heavy (non-hydrogen) atoms. The fourth-order valence-corrected chi connectivity index (χ4v) is 2.64. The van der Waals surface area contributed by atoms with Crippen molar-refractivity contribution in [1.82, 2.24) is 4.90 Å². The number of carbonyl (C=O) groups is 1. The number of nitrogens with one attached hydrogen (secondary N) is 1. The number of halogens is 1. The molecule has 1 aromatic carbocycles. The highest BCUT2D eigenvalue weighted by Crippen LogP contribution is 2.29. The van der Waals surface area contributed by atoms with Crippen molar-refractivity contribution in [3.63, 3.8) is 0 Å². The van der Waals surface area contributed by atoms with Gasteiger partial charge in [-0.05, 0) is 42.6 Å². The Labute approximate surface area is 127 Å². The Morgan fingerprint density at radius 3 is 2.85 bits per heavy atom. The molecular weight excluding hydrogens is 274 g/mol. The topological polar surface area (TPSA) is 58.4 Å². The summed E-state index contributed by atoms with van der Waals surface area (Å²) in [6.45, 7) is 7.59. The third-order valence-corrected chi connectivity index (χ3v) is 3.78. The highest BCUT2D eigenvalue weighted by atomic mass is 35.5. The lowest BCUT2D eigenvalue weighted by Gasteiger charge is -2.22. The van der Waals surface area contributed by atoms with E-state index in [1.165, 1.54) is 12.5 Å². The van der Waals surface area contributed by atoms with Crippen LogP contribution in [0.1, 0.15) is 25.8 Å². The Bertz CT molecular complexity index is 466. The van der Waals surface area contributed by atoms with Crippen LogP contribution in [-0.2, 0) is 11.3 Å². The Hall–Kier alpha value is -1.10. The average molecular weight is 298 g/mol. The van der Waals surface area contributed by atoms with Crippen molar-refractivity contribution in [2.24, 2.45) is 11.1 Å². The van der Waals surface area contributed by atoms with Crippen molar-refractivity contribution in [2.45, 2.75) is 26.8 Å². The quantitative estimate of drug-likeness (QED) is 0.896. The van der Waals surface area contributed by atoms with Crippen molar-refractivity contribution in [1.29, 1.82) is 0 Å². The summed E-state index contributed by atoms with van der Waals surface area (Å²) in [5.41, 5.74) is 8.18. The van der Waals surface area contributed by atoms with Crippen LogP contribution in [0.15, 0.2) is 24.3 Å². The number of anilines is 1. The summed E-state index contributed by atoms with van der Waals surface area (Å²) in [4.78, 5) is 13.5. The van der Waals surface area contributed by atoms with Crippen LogP contribution < -0.4 is 11.1 Å². The molecule has 0 aromatic heterocycles. The molecule has 2 rings (SSSR count). The first-order chi connectivity index (χ1) is 9.00. The molecule has 1 fully saturated rings. The van der Waals surface area contributed by atoms with Gasteiger partial charge in [0, 0.05) is 25.7 Å². The van der Waals surface area contributed by atoms with Crippen molar-refractivity contribution in [3.05, 3.63) is 29.8 Å². The Balaban J connectivity index is 0.00000200. The van der Waals surface area contributed by atoms with E-state index in [1.807, 2.05) is 18.2 Å². The Morgan fingerprint density at radius 1 is 1.50 bits per heavy atom. The molecule has 5 heteroatoms. The van der Waals surface area contributed by atoms with E-state index in [0.29, 0.717) is 0 Å². The summed E-state index contributed by atoms with van der Waals surface area (Å²) in [6.07, 6.45) is 1.16. The maximum atomic E-state index is 11.1. The molecule has 1 aliphatic heterocycles. The smallest absolute Gasteiger partial charge is 0.221 e. The Morgan fingerprint density at radius 2 is 2.25 bits per heavy atom. The molecule has 3 N–H and O–H groups in total. The number of rotatable bonds is 4. The predicted octanol–water partition coefficient (Wildman–Crippen LogP) is 2.24. The third kappa shape index (κ3) is 4.47. The second-order valence-corrected chi connectivity index (χ2v) is 5.86. The number of amides is 1. The van der Waals surface area contributed by atoms with Crippen LogP contribution in [0.2, 0.25) is 0 Å². The molecule has 1 amide bonds. The number of nitrogens with zero attached hydrogens (tertiary/aromatic N) is 1. The van der Waals surface area contributed by atoms with E-state index < -0.39 is 0 Å². The normalized spacial score (nSPS) is 22.4. The number of hydrogen-bond acceptors (Lipinski definition) is 3. The molecule has 0 bridgehead atoms. The van der Waals surface area contributed by atoms with Gasteiger partial charge < -0.3 is 11.1 Å². The summed E-state index contributed by atoms with van der Waals surface area (Å²) in [5.74, 6) is -0.0333. The highest BCUT2D eigenvalue weighted by molar-refractivity contribution is 5.88. The third-order valence-electron chi connectivity index (χ3n) is 3.78. The molecule has 0 radical (unpaired) electrons. The fraction of sp³-hybridized carbons (Fsp3) is 0.533. The van der Waals surface area contributed by atoms with E-state index in [0.717, 1.165) is 38.3 Å². The molecule has 1 heterocycles. The van der Waals surface area contributed by atoms with Gasteiger partial charge in [-0.1, -0.05) is 19.1 Å². The van der Waals surface area contributed by atoms with Crippen molar-refractivity contribution < 1.29 is 4.79 Å². The molecule has 0 spiro atoms. The van der Waals surface area contributed by atoms with Gasteiger partial charge >= 0.3 is 0 Å². The monoisotopic (exact) mass is 297 g/mol. The first-order valence-electron chi connectivity index (χ1n) is 6.80. The van der Waals surface area contributed by atoms with Crippen LogP contribution in [0.3, 0.4) is 0 Å².